The monoisotopic (exact) mass is 493 g/mol. The molecule has 2 aliphatic rings. The van der Waals surface area contributed by atoms with Crippen molar-refractivity contribution in [2.75, 3.05) is 19.0 Å². The zero-order valence-electron chi connectivity index (χ0n) is 18.8. The summed E-state index contributed by atoms with van der Waals surface area (Å²) in [4.78, 5) is 12.3. The Hall–Kier alpha value is -2.47. The molecule has 182 valence electrons. The predicted molar refractivity (Wildman–Crippen MR) is 118 cm³/mol. The summed E-state index contributed by atoms with van der Waals surface area (Å²) in [5.41, 5.74) is 7.38. The molecule has 13 heteroatoms. The molecule has 4 heterocycles. The molecule has 5 atom stereocenters. The molecule has 0 radical (unpaired) electrons. The highest BCUT2D eigenvalue weighted by molar-refractivity contribution is 7.52. The standard InChI is InChI=1S/C21H25FN5O6P/c1-20(2)31-15-16(32-20)21(22,10-30-34(3,28)29-9-13-7-5-4-6-8-13)33-19(15)27-12-26-14-17(23)24-11-25-18(14)27/h4-8,11-12,15-16,19H,9-10H2,1-3H3,(H2,23,24,25)/t15?,16-,19-,21?,34?/m1/s1. The van der Waals surface area contributed by atoms with E-state index < -0.39 is 44.3 Å². The van der Waals surface area contributed by atoms with E-state index in [1.54, 1.807) is 13.8 Å². The van der Waals surface area contributed by atoms with Crippen LogP contribution in [0, 0.1) is 0 Å². The van der Waals surface area contributed by atoms with Crippen LogP contribution in [0.2, 0.25) is 0 Å². The van der Waals surface area contributed by atoms with E-state index in [9.17, 15) is 4.57 Å². The first-order chi connectivity index (χ1) is 16.1. The van der Waals surface area contributed by atoms with Crippen molar-refractivity contribution in [3.63, 3.8) is 0 Å². The van der Waals surface area contributed by atoms with Gasteiger partial charge in [0.15, 0.2) is 29.6 Å². The first-order valence-corrected chi connectivity index (χ1v) is 12.6. The van der Waals surface area contributed by atoms with Gasteiger partial charge in [0.05, 0.1) is 12.9 Å². The van der Waals surface area contributed by atoms with Gasteiger partial charge in [0, 0.05) is 6.66 Å². The van der Waals surface area contributed by atoms with Crippen molar-refractivity contribution in [1.29, 1.82) is 0 Å². The molecule has 0 amide bonds. The molecule has 3 aromatic rings. The Kier molecular flexibility index (Phi) is 5.70. The van der Waals surface area contributed by atoms with Crippen molar-refractivity contribution in [1.82, 2.24) is 19.5 Å². The first-order valence-electron chi connectivity index (χ1n) is 10.6. The number of hydrogen-bond donors (Lipinski definition) is 1. The third kappa shape index (κ3) is 4.33. The molecule has 0 bridgehead atoms. The minimum Gasteiger partial charge on any atom is -0.382 e. The lowest BCUT2D eigenvalue weighted by Crippen LogP contribution is -2.43. The SMILES string of the molecule is CC1(C)OC2[C@H](n3cnc4c(N)ncnc43)OC(F)(COP(C)(=O)OCc3ccccc3)[C@@H]2O1. The number of nitrogen functional groups attached to an aromatic ring is 1. The van der Waals surface area contributed by atoms with Crippen molar-refractivity contribution < 1.29 is 32.2 Å². The molecule has 0 aliphatic carbocycles. The molecule has 1 aromatic carbocycles. The van der Waals surface area contributed by atoms with Crippen molar-refractivity contribution in [3.05, 3.63) is 48.5 Å². The van der Waals surface area contributed by atoms with E-state index in [1.165, 1.54) is 23.9 Å². The van der Waals surface area contributed by atoms with E-state index in [0.717, 1.165) is 5.56 Å². The Balaban J connectivity index is 1.36. The highest BCUT2D eigenvalue weighted by Gasteiger charge is 2.65. The number of anilines is 1. The predicted octanol–water partition coefficient (Wildman–Crippen LogP) is 3.18. The molecule has 2 fully saturated rings. The number of hydrogen-bond acceptors (Lipinski definition) is 10. The van der Waals surface area contributed by atoms with Gasteiger partial charge in [-0.1, -0.05) is 30.3 Å². The second-order valence-corrected chi connectivity index (χ2v) is 10.8. The molecular weight excluding hydrogens is 468 g/mol. The number of rotatable bonds is 7. The van der Waals surface area contributed by atoms with E-state index in [0.29, 0.717) is 11.2 Å². The van der Waals surface area contributed by atoms with Crippen molar-refractivity contribution in [2.45, 2.75) is 50.5 Å². The summed E-state index contributed by atoms with van der Waals surface area (Å²) in [6.07, 6.45) is -0.327. The van der Waals surface area contributed by atoms with Crippen LogP contribution in [-0.4, -0.2) is 56.6 Å². The van der Waals surface area contributed by atoms with E-state index >= 15 is 4.39 Å². The average molecular weight is 493 g/mol. The van der Waals surface area contributed by atoms with Gasteiger partial charge in [-0.25, -0.2) is 19.3 Å². The molecule has 2 N–H and O–H groups in total. The van der Waals surface area contributed by atoms with Crippen LogP contribution in [0.1, 0.15) is 25.6 Å². The van der Waals surface area contributed by atoms with Gasteiger partial charge in [-0.15, -0.1) is 0 Å². The number of nitrogens with two attached hydrogens (primary N) is 1. The van der Waals surface area contributed by atoms with Gasteiger partial charge in [-0.05, 0) is 19.4 Å². The van der Waals surface area contributed by atoms with Gasteiger partial charge in [0.2, 0.25) is 0 Å². The summed E-state index contributed by atoms with van der Waals surface area (Å²) in [5.74, 6) is -3.39. The van der Waals surface area contributed by atoms with Crippen LogP contribution >= 0.6 is 7.60 Å². The Morgan fingerprint density at radius 3 is 2.68 bits per heavy atom. The largest absolute Gasteiger partial charge is 0.382 e. The van der Waals surface area contributed by atoms with Gasteiger partial charge in [-0.3, -0.25) is 9.13 Å². The maximum atomic E-state index is 16.2. The maximum Gasteiger partial charge on any atom is 0.328 e. The number of aromatic nitrogens is 4. The number of nitrogens with zero attached hydrogens (tertiary/aromatic N) is 4. The number of halogens is 1. The average Bonchev–Trinajstić information content (AvgIpc) is 3.44. The summed E-state index contributed by atoms with van der Waals surface area (Å²) in [7, 11) is -3.62. The van der Waals surface area contributed by atoms with Gasteiger partial charge < -0.3 is 29.0 Å². The number of alkyl halides is 1. The quantitative estimate of drug-likeness (QED) is 0.489. The molecule has 0 saturated carbocycles. The van der Waals surface area contributed by atoms with Crippen molar-refractivity contribution in [3.8, 4) is 0 Å². The number of benzene rings is 1. The minimum atomic E-state index is -3.62. The first kappa shape index (κ1) is 23.3. The summed E-state index contributed by atoms with van der Waals surface area (Å²) in [5, 5.41) is 0. The lowest BCUT2D eigenvalue weighted by atomic mass is 10.1. The van der Waals surface area contributed by atoms with Gasteiger partial charge in [-0.2, -0.15) is 0 Å². The highest BCUT2D eigenvalue weighted by atomic mass is 31.2. The van der Waals surface area contributed by atoms with Crippen molar-refractivity contribution in [2.24, 2.45) is 0 Å². The fourth-order valence-corrected chi connectivity index (χ4v) is 4.93. The molecule has 2 aliphatic heterocycles. The number of fused-ring (bicyclic) bond motifs is 2. The second kappa shape index (κ2) is 8.33. The topological polar surface area (TPSA) is 133 Å². The van der Waals surface area contributed by atoms with Crippen LogP contribution < -0.4 is 5.73 Å². The van der Waals surface area contributed by atoms with Crippen LogP contribution in [0.25, 0.3) is 11.2 Å². The Morgan fingerprint density at radius 2 is 1.91 bits per heavy atom. The van der Waals surface area contributed by atoms with Gasteiger partial charge in [0.25, 0.3) is 5.85 Å². The molecule has 3 unspecified atom stereocenters. The molecular formula is C21H25FN5O6P. The Labute approximate surface area is 194 Å². The van der Waals surface area contributed by atoms with Crippen LogP contribution in [0.3, 0.4) is 0 Å². The smallest absolute Gasteiger partial charge is 0.328 e. The van der Waals surface area contributed by atoms with E-state index in [2.05, 4.69) is 15.0 Å². The molecule has 0 spiro atoms. The number of imidazole rings is 1. The molecule has 2 saturated heterocycles. The fourth-order valence-electron chi connectivity index (χ4n) is 4.06. The molecule has 5 rings (SSSR count). The van der Waals surface area contributed by atoms with Gasteiger partial charge in [0.1, 0.15) is 24.6 Å². The zero-order valence-corrected chi connectivity index (χ0v) is 19.7. The molecule has 11 nitrogen and oxygen atoms in total. The third-order valence-electron chi connectivity index (χ3n) is 5.62. The minimum absolute atomic E-state index is 0.0538. The van der Waals surface area contributed by atoms with Crippen molar-refractivity contribution >= 4 is 24.6 Å². The zero-order chi connectivity index (χ0) is 24.1. The van der Waals surface area contributed by atoms with E-state index in [4.69, 9.17) is 29.0 Å². The fraction of sp³-hybridized carbons (Fsp3) is 0.476. The van der Waals surface area contributed by atoms with E-state index in [-0.39, 0.29) is 12.4 Å². The number of ether oxygens (including phenoxy) is 3. The van der Waals surface area contributed by atoms with Crippen LogP contribution in [0.4, 0.5) is 10.2 Å². The third-order valence-corrected chi connectivity index (χ3v) is 6.81. The molecule has 2 aromatic heterocycles. The van der Waals surface area contributed by atoms with Crippen LogP contribution in [-0.2, 0) is 34.4 Å². The Bertz CT molecular complexity index is 1240. The highest BCUT2D eigenvalue weighted by Crippen LogP contribution is 2.52. The van der Waals surface area contributed by atoms with Crippen LogP contribution in [0.15, 0.2) is 43.0 Å². The summed E-state index contributed by atoms with van der Waals surface area (Å²) < 4.78 is 58.9. The second-order valence-electron chi connectivity index (χ2n) is 8.70. The lowest BCUT2D eigenvalue weighted by molar-refractivity contribution is -0.262. The lowest BCUT2D eigenvalue weighted by Gasteiger charge is -2.29. The summed E-state index contributed by atoms with van der Waals surface area (Å²) >= 11 is 0. The Morgan fingerprint density at radius 1 is 1.15 bits per heavy atom. The van der Waals surface area contributed by atoms with Crippen LogP contribution in [0.5, 0.6) is 0 Å². The molecule has 34 heavy (non-hydrogen) atoms. The van der Waals surface area contributed by atoms with Gasteiger partial charge >= 0.3 is 7.60 Å². The van der Waals surface area contributed by atoms with E-state index in [1.807, 2.05) is 30.3 Å². The normalized spacial score (nSPS) is 29.8. The maximum absolute atomic E-state index is 16.2. The summed E-state index contributed by atoms with van der Waals surface area (Å²) in [6.45, 7) is 3.98. The summed E-state index contributed by atoms with van der Waals surface area (Å²) in [6, 6.07) is 9.17.